The van der Waals surface area contributed by atoms with Crippen LogP contribution in [0.4, 0.5) is 0 Å². The third kappa shape index (κ3) is 40.0. The topological polar surface area (TPSA) is 110 Å². The second-order valence-corrected chi connectivity index (χ2v) is 17.5. The van der Waals surface area contributed by atoms with Gasteiger partial charge in [0.2, 0.25) is 5.91 Å². The van der Waals surface area contributed by atoms with E-state index in [0.717, 1.165) is 38.5 Å². The number of nitrogens with one attached hydrogen (secondary N) is 1. The van der Waals surface area contributed by atoms with E-state index >= 15 is 0 Å². The Kier molecular flexibility index (Phi) is 44.9. The fourth-order valence-corrected chi connectivity index (χ4v) is 7.86. The minimum absolute atomic E-state index is 0.365. The molecule has 0 saturated heterocycles. The lowest BCUT2D eigenvalue weighted by Crippen LogP contribution is -2.53. The van der Waals surface area contributed by atoms with Crippen LogP contribution in [-0.4, -0.2) is 57.3 Å². The molecule has 0 heterocycles. The summed E-state index contributed by atoms with van der Waals surface area (Å²) in [7, 11) is 0. The molecular weight excluding hydrogens is 707 g/mol. The summed E-state index contributed by atoms with van der Waals surface area (Å²) in [5.41, 5.74) is 0. The predicted octanol–water partition coefficient (Wildman–Crippen LogP) is 13.9. The average molecular weight is 806 g/mol. The molecule has 0 radical (unpaired) electrons. The first-order valence-electron chi connectivity index (χ1n) is 25.2. The zero-order chi connectivity index (χ0) is 41.7. The highest BCUT2D eigenvalue weighted by molar-refractivity contribution is 5.80. The van der Waals surface area contributed by atoms with Crippen molar-refractivity contribution in [1.29, 1.82) is 0 Å². The molecule has 0 aliphatic heterocycles. The summed E-state index contributed by atoms with van der Waals surface area (Å²) in [4.78, 5) is 12.5. The molecule has 0 rings (SSSR count). The predicted molar refractivity (Wildman–Crippen MR) is 247 cm³/mol. The van der Waals surface area contributed by atoms with Crippen LogP contribution >= 0.6 is 0 Å². The van der Waals surface area contributed by atoms with Crippen molar-refractivity contribution in [2.24, 2.45) is 0 Å². The van der Waals surface area contributed by atoms with E-state index < -0.39 is 36.9 Å². The van der Waals surface area contributed by atoms with Crippen molar-refractivity contribution in [2.45, 2.75) is 289 Å². The Morgan fingerprint density at radius 1 is 0.421 bits per heavy atom. The molecule has 0 saturated carbocycles. The molecule has 0 bridgehead atoms. The van der Waals surface area contributed by atoms with Gasteiger partial charge >= 0.3 is 0 Å². The van der Waals surface area contributed by atoms with Crippen molar-refractivity contribution in [3.63, 3.8) is 0 Å². The van der Waals surface area contributed by atoms with Crippen LogP contribution < -0.4 is 5.32 Å². The van der Waals surface area contributed by atoms with E-state index in [1.54, 1.807) is 0 Å². The van der Waals surface area contributed by atoms with Crippen molar-refractivity contribution in [3.8, 4) is 0 Å². The quantitative estimate of drug-likeness (QED) is 0.0311. The SMILES string of the molecule is CCCC/C=C/CCCC(O)C(O)C(CO)NC(=O)C(O)CCCCCCCCCCCCCCCCCC/C=C\CCCCCCCCCCCCCCCC. The maximum atomic E-state index is 12.5. The third-order valence-electron chi connectivity index (χ3n) is 11.9. The van der Waals surface area contributed by atoms with Gasteiger partial charge in [0.1, 0.15) is 12.2 Å². The summed E-state index contributed by atoms with van der Waals surface area (Å²) >= 11 is 0. The molecule has 6 heteroatoms. The highest BCUT2D eigenvalue weighted by atomic mass is 16.3. The van der Waals surface area contributed by atoms with Gasteiger partial charge in [-0.3, -0.25) is 4.79 Å². The minimum Gasteiger partial charge on any atom is -0.394 e. The highest BCUT2D eigenvalue weighted by Crippen LogP contribution is 2.17. The van der Waals surface area contributed by atoms with E-state index in [1.807, 2.05) is 0 Å². The molecule has 0 spiro atoms. The van der Waals surface area contributed by atoms with Crippen LogP contribution in [0, 0.1) is 0 Å². The molecule has 0 aromatic rings. The van der Waals surface area contributed by atoms with Crippen LogP contribution in [-0.2, 0) is 4.79 Å². The second-order valence-electron chi connectivity index (χ2n) is 17.5. The molecule has 6 nitrogen and oxygen atoms in total. The van der Waals surface area contributed by atoms with Crippen LogP contribution in [0.3, 0.4) is 0 Å². The lowest BCUT2D eigenvalue weighted by molar-refractivity contribution is -0.132. The smallest absolute Gasteiger partial charge is 0.249 e. The molecule has 0 aromatic heterocycles. The number of rotatable bonds is 46. The monoisotopic (exact) mass is 806 g/mol. The van der Waals surface area contributed by atoms with Crippen LogP contribution in [0.25, 0.3) is 0 Å². The number of unbranched alkanes of at least 4 members (excludes halogenated alkanes) is 33. The molecule has 5 N–H and O–H groups in total. The summed E-state index contributed by atoms with van der Waals surface area (Å²) in [5, 5.41) is 43.3. The van der Waals surface area contributed by atoms with Crippen molar-refractivity contribution in [3.05, 3.63) is 24.3 Å². The Balaban J connectivity index is 3.48. The molecule has 338 valence electrons. The summed E-state index contributed by atoms with van der Waals surface area (Å²) in [5.74, 6) is -0.595. The molecule has 57 heavy (non-hydrogen) atoms. The van der Waals surface area contributed by atoms with Crippen molar-refractivity contribution in [2.75, 3.05) is 6.61 Å². The fraction of sp³-hybridized carbons (Fsp3) is 0.902. The van der Waals surface area contributed by atoms with Gasteiger partial charge in [-0.15, -0.1) is 0 Å². The third-order valence-corrected chi connectivity index (χ3v) is 11.9. The van der Waals surface area contributed by atoms with Crippen molar-refractivity contribution >= 4 is 5.91 Å². The Labute approximate surface area is 354 Å². The fourth-order valence-electron chi connectivity index (χ4n) is 7.86. The number of amides is 1. The van der Waals surface area contributed by atoms with Gasteiger partial charge in [-0.05, 0) is 57.8 Å². The lowest BCUT2D eigenvalue weighted by atomic mass is 10.00. The normalized spacial score (nSPS) is 14.1. The van der Waals surface area contributed by atoms with Gasteiger partial charge in [-0.2, -0.15) is 0 Å². The summed E-state index contributed by atoms with van der Waals surface area (Å²) in [6.45, 7) is 3.96. The Morgan fingerprint density at radius 2 is 0.737 bits per heavy atom. The molecule has 0 aliphatic carbocycles. The molecule has 0 aliphatic rings. The number of aliphatic hydroxyl groups is 4. The first-order chi connectivity index (χ1) is 28.0. The number of hydrogen-bond donors (Lipinski definition) is 5. The molecular formula is C51H99NO5. The molecule has 1 amide bonds. The Hall–Kier alpha value is -1.21. The van der Waals surface area contributed by atoms with E-state index in [1.165, 1.54) is 193 Å². The molecule has 4 unspecified atom stereocenters. The second kappa shape index (κ2) is 45.9. The molecule has 0 aromatic carbocycles. The van der Waals surface area contributed by atoms with Crippen molar-refractivity contribution in [1.82, 2.24) is 5.32 Å². The first-order valence-corrected chi connectivity index (χ1v) is 25.2. The zero-order valence-electron chi connectivity index (χ0n) is 38.1. The Morgan fingerprint density at radius 3 is 1.11 bits per heavy atom. The van der Waals surface area contributed by atoms with Crippen LogP contribution in [0.5, 0.6) is 0 Å². The number of carbonyl (C=O) groups is 1. The number of allylic oxidation sites excluding steroid dienone is 4. The number of hydrogen-bond acceptors (Lipinski definition) is 5. The maximum absolute atomic E-state index is 12.5. The lowest BCUT2D eigenvalue weighted by Gasteiger charge is -2.27. The first kappa shape index (κ1) is 55.8. The van der Waals surface area contributed by atoms with Crippen molar-refractivity contribution < 1.29 is 25.2 Å². The van der Waals surface area contributed by atoms with E-state index in [4.69, 9.17) is 0 Å². The van der Waals surface area contributed by atoms with Gasteiger partial charge in [0.05, 0.1) is 18.8 Å². The van der Waals surface area contributed by atoms with E-state index in [9.17, 15) is 25.2 Å². The standard InChI is InChI=1S/C51H99NO5/c1-3-5-7-9-11-12-13-14-15-16-17-18-19-20-21-22-23-24-25-26-27-28-29-30-31-32-33-34-35-36-37-39-41-43-45-49(55)51(57)52-47(46-53)50(56)48(54)44-42-40-38-10-8-6-4-2/h10,22-23,38,47-50,53-56H,3-9,11-21,24-37,39-46H2,1-2H3,(H,52,57)/b23-22-,38-10+. The summed E-state index contributed by atoms with van der Waals surface area (Å²) in [6, 6.07) is -0.997. The largest absolute Gasteiger partial charge is 0.394 e. The van der Waals surface area contributed by atoms with Gasteiger partial charge in [0.15, 0.2) is 0 Å². The van der Waals surface area contributed by atoms with Gasteiger partial charge in [0, 0.05) is 0 Å². The molecule has 4 atom stereocenters. The van der Waals surface area contributed by atoms with E-state index in [0.29, 0.717) is 19.3 Å². The summed E-state index contributed by atoms with van der Waals surface area (Å²) < 4.78 is 0. The number of carbonyl (C=O) groups excluding carboxylic acids is 1. The Bertz CT molecular complexity index is 863. The van der Waals surface area contributed by atoms with E-state index in [-0.39, 0.29) is 0 Å². The van der Waals surface area contributed by atoms with Gasteiger partial charge in [0.25, 0.3) is 0 Å². The minimum atomic E-state index is -1.28. The van der Waals surface area contributed by atoms with Crippen LogP contribution in [0.1, 0.15) is 264 Å². The van der Waals surface area contributed by atoms with Gasteiger partial charge < -0.3 is 25.7 Å². The van der Waals surface area contributed by atoms with Gasteiger partial charge in [-0.1, -0.05) is 231 Å². The molecule has 0 fully saturated rings. The van der Waals surface area contributed by atoms with Crippen LogP contribution in [0.15, 0.2) is 24.3 Å². The maximum Gasteiger partial charge on any atom is 0.249 e. The zero-order valence-corrected chi connectivity index (χ0v) is 38.1. The van der Waals surface area contributed by atoms with E-state index in [2.05, 4.69) is 43.5 Å². The average Bonchev–Trinajstić information content (AvgIpc) is 3.22. The van der Waals surface area contributed by atoms with Gasteiger partial charge in [-0.25, -0.2) is 0 Å². The summed E-state index contributed by atoms with van der Waals surface area (Å²) in [6.07, 6.45) is 54.3. The van der Waals surface area contributed by atoms with Crippen LogP contribution in [0.2, 0.25) is 0 Å². The number of aliphatic hydroxyl groups excluding tert-OH is 4. The highest BCUT2D eigenvalue weighted by Gasteiger charge is 2.28.